The molecule has 0 bridgehead atoms. The third-order valence-corrected chi connectivity index (χ3v) is 4.97. The van der Waals surface area contributed by atoms with Crippen molar-refractivity contribution in [2.45, 2.75) is 11.8 Å². The van der Waals surface area contributed by atoms with Crippen LogP contribution in [0.2, 0.25) is 0 Å². The maximum Gasteiger partial charge on any atom is 0.269 e. The number of nitrogens with zero attached hydrogens (tertiary/aromatic N) is 2. The Balaban J connectivity index is 2.28. The Morgan fingerprint density at radius 2 is 1.95 bits per heavy atom. The Kier molecular flexibility index (Phi) is 2.76. The molecule has 3 aromatic rings. The van der Waals surface area contributed by atoms with Gasteiger partial charge in [0.15, 0.2) is 5.65 Å². The standard InChI is InChI=1S/C14H13N3O2S/c1-10-4-2-3-5-13(10)20(18,19)17-7-6-11-8-12(15)9-16-14(11)17/h2-9H,15H2,1H3. The van der Waals surface area contributed by atoms with Gasteiger partial charge in [-0.1, -0.05) is 18.2 Å². The van der Waals surface area contributed by atoms with E-state index in [-0.39, 0.29) is 4.90 Å². The van der Waals surface area contributed by atoms with Crippen LogP contribution in [0.1, 0.15) is 5.56 Å². The Morgan fingerprint density at radius 3 is 2.70 bits per heavy atom. The van der Waals surface area contributed by atoms with Crippen LogP contribution in [0.15, 0.2) is 53.7 Å². The van der Waals surface area contributed by atoms with Crippen LogP contribution in [0.4, 0.5) is 5.69 Å². The number of benzene rings is 1. The van der Waals surface area contributed by atoms with Gasteiger partial charge in [0, 0.05) is 11.6 Å². The number of hydrogen-bond acceptors (Lipinski definition) is 4. The van der Waals surface area contributed by atoms with Gasteiger partial charge in [0.25, 0.3) is 10.0 Å². The van der Waals surface area contributed by atoms with Crippen molar-refractivity contribution in [3.63, 3.8) is 0 Å². The Morgan fingerprint density at radius 1 is 1.20 bits per heavy atom. The summed E-state index contributed by atoms with van der Waals surface area (Å²) in [7, 11) is -3.65. The summed E-state index contributed by atoms with van der Waals surface area (Å²) in [5.41, 5.74) is 7.24. The molecular formula is C14H13N3O2S. The highest BCUT2D eigenvalue weighted by atomic mass is 32.2. The highest BCUT2D eigenvalue weighted by Crippen LogP contribution is 2.23. The molecule has 5 nitrogen and oxygen atoms in total. The van der Waals surface area contributed by atoms with Crippen molar-refractivity contribution in [2.75, 3.05) is 5.73 Å². The number of rotatable bonds is 2. The summed E-state index contributed by atoms with van der Waals surface area (Å²) in [5, 5.41) is 0.696. The van der Waals surface area contributed by atoms with Gasteiger partial charge >= 0.3 is 0 Å². The fourth-order valence-corrected chi connectivity index (χ4v) is 3.70. The van der Waals surface area contributed by atoms with Crippen LogP contribution in [0.25, 0.3) is 11.0 Å². The van der Waals surface area contributed by atoms with Crippen molar-refractivity contribution in [2.24, 2.45) is 0 Å². The fourth-order valence-electron chi connectivity index (χ4n) is 2.16. The van der Waals surface area contributed by atoms with Gasteiger partial charge in [0.1, 0.15) is 0 Å². The van der Waals surface area contributed by atoms with E-state index in [2.05, 4.69) is 4.98 Å². The van der Waals surface area contributed by atoms with E-state index >= 15 is 0 Å². The van der Waals surface area contributed by atoms with E-state index in [9.17, 15) is 8.42 Å². The molecule has 0 spiro atoms. The Hall–Kier alpha value is -2.34. The quantitative estimate of drug-likeness (QED) is 0.783. The van der Waals surface area contributed by atoms with Crippen LogP contribution >= 0.6 is 0 Å². The summed E-state index contributed by atoms with van der Waals surface area (Å²) >= 11 is 0. The normalized spacial score (nSPS) is 11.8. The van der Waals surface area contributed by atoms with Gasteiger partial charge in [0.2, 0.25) is 0 Å². The van der Waals surface area contributed by atoms with Crippen LogP contribution < -0.4 is 5.73 Å². The number of nitrogens with two attached hydrogens (primary N) is 1. The topological polar surface area (TPSA) is 78.0 Å². The van der Waals surface area contributed by atoms with E-state index in [1.165, 1.54) is 16.4 Å². The predicted octanol–water partition coefficient (Wildman–Crippen LogP) is 2.16. The SMILES string of the molecule is Cc1ccccc1S(=O)(=O)n1ccc2cc(N)cnc21. The van der Waals surface area contributed by atoms with Crippen molar-refractivity contribution in [1.82, 2.24) is 8.96 Å². The lowest BCUT2D eigenvalue weighted by Crippen LogP contribution is -2.13. The minimum atomic E-state index is -3.65. The molecule has 0 unspecified atom stereocenters. The summed E-state index contributed by atoms with van der Waals surface area (Å²) in [4.78, 5) is 4.40. The molecule has 0 aliphatic carbocycles. The van der Waals surface area contributed by atoms with E-state index in [0.29, 0.717) is 22.3 Å². The zero-order chi connectivity index (χ0) is 14.3. The average molecular weight is 287 g/mol. The molecule has 1 aromatic carbocycles. The summed E-state index contributed by atoms with van der Waals surface area (Å²) in [6, 6.07) is 10.3. The maximum absolute atomic E-state index is 12.7. The molecule has 102 valence electrons. The third kappa shape index (κ3) is 1.85. The van der Waals surface area contributed by atoms with Crippen LogP contribution in [0.5, 0.6) is 0 Å². The van der Waals surface area contributed by atoms with Gasteiger partial charge < -0.3 is 5.73 Å². The number of hydrogen-bond donors (Lipinski definition) is 1. The van der Waals surface area contributed by atoms with Gasteiger partial charge in [-0.25, -0.2) is 17.4 Å². The number of aromatic nitrogens is 2. The summed E-state index contributed by atoms with van der Waals surface area (Å²) in [6.45, 7) is 1.77. The van der Waals surface area contributed by atoms with Gasteiger partial charge in [-0.3, -0.25) is 0 Å². The molecule has 0 radical (unpaired) electrons. The van der Waals surface area contributed by atoms with E-state index in [1.54, 1.807) is 43.3 Å². The molecule has 2 heterocycles. The highest BCUT2D eigenvalue weighted by Gasteiger charge is 2.21. The lowest BCUT2D eigenvalue weighted by atomic mass is 10.2. The average Bonchev–Trinajstić information content (AvgIpc) is 2.82. The minimum absolute atomic E-state index is 0.274. The monoisotopic (exact) mass is 287 g/mol. The maximum atomic E-state index is 12.7. The van der Waals surface area contributed by atoms with Crippen molar-refractivity contribution in [3.8, 4) is 0 Å². The van der Waals surface area contributed by atoms with Gasteiger partial charge in [-0.05, 0) is 30.7 Å². The van der Waals surface area contributed by atoms with Gasteiger partial charge in [-0.15, -0.1) is 0 Å². The molecule has 0 saturated heterocycles. The molecule has 6 heteroatoms. The summed E-state index contributed by atoms with van der Waals surface area (Å²) in [6.07, 6.45) is 2.95. The van der Waals surface area contributed by atoms with E-state index in [4.69, 9.17) is 5.73 Å². The lowest BCUT2D eigenvalue weighted by molar-refractivity contribution is 0.588. The van der Waals surface area contributed by atoms with Gasteiger partial charge in [0.05, 0.1) is 16.8 Å². The predicted molar refractivity (Wildman–Crippen MR) is 77.9 cm³/mol. The first-order valence-corrected chi connectivity index (χ1v) is 7.48. The van der Waals surface area contributed by atoms with E-state index in [1.807, 2.05) is 0 Å². The number of pyridine rings is 1. The number of aryl methyl sites for hydroxylation is 1. The largest absolute Gasteiger partial charge is 0.397 e. The molecule has 20 heavy (non-hydrogen) atoms. The Bertz CT molecular complexity index is 898. The zero-order valence-corrected chi connectivity index (χ0v) is 11.6. The van der Waals surface area contributed by atoms with E-state index < -0.39 is 10.0 Å². The van der Waals surface area contributed by atoms with Crippen LogP contribution in [-0.2, 0) is 10.0 Å². The molecule has 0 fully saturated rings. The first-order chi connectivity index (χ1) is 9.50. The first-order valence-electron chi connectivity index (χ1n) is 6.04. The molecule has 0 aliphatic heterocycles. The minimum Gasteiger partial charge on any atom is -0.397 e. The first kappa shape index (κ1) is 12.7. The molecule has 2 aromatic heterocycles. The molecule has 3 rings (SSSR count). The van der Waals surface area contributed by atoms with Gasteiger partial charge in [-0.2, -0.15) is 0 Å². The smallest absolute Gasteiger partial charge is 0.269 e. The Labute approximate surface area is 116 Å². The number of fused-ring (bicyclic) bond motifs is 1. The van der Waals surface area contributed by atoms with Crippen molar-refractivity contribution in [3.05, 3.63) is 54.4 Å². The molecule has 0 aliphatic rings. The zero-order valence-electron chi connectivity index (χ0n) is 10.8. The van der Waals surface area contributed by atoms with Crippen molar-refractivity contribution in [1.29, 1.82) is 0 Å². The van der Waals surface area contributed by atoms with Crippen molar-refractivity contribution < 1.29 is 8.42 Å². The fraction of sp³-hybridized carbons (Fsp3) is 0.0714. The molecule has 2 N–H and O–H groups in total. The third-order valence-electron chi connectivity index (χ3n) is 3.14. The number of nitrogen functional groups attached to an aromatic ring is 1. The molecule has 0 atom stereocenters. The summed E-state index contributed by atoms with van der Waals surface area (Å²) in [5.74, 6) is 0. The van der Waals surface area contributed by atoms with Crippen LogP contribution in [0, 0.1) is 6.92 Å². The lowest BCUT2D eigenvalue weighted by Gasteiger charge is -2.09. The second-order valence-corrected chi connectivity index (χ2v) is 6.35. The second-order valence-electron chi connectivity index (χ2n) is 4.56. The van der Waals surface area contributed by atoms with Crippen LogP contribution in [0.3, 0.4) is 0 Å². The number of anilines is 1. The second kappa shape index (κ2) is 4.35. The molecule has 0 amide bonds. The van der Waals surface area contributed by atoms with E-state index in [0.717, 1.165) is 0 Å². The molecular weight excluding hydrogens is 274 g/mol. The summed E-state index contributed by atoms with van der Waals surface area (Å²) < 4.78 is 26.6. The van der Waals surface area contributed by atoms with Crippen LogP contribution in [-0.4, -0.2) is 17.4 Å². The highest BCUT2D eigenvalue weighted by molar-refractivity contribution is 7.90. The van der Waals surface area contributed by atoms with Crippen molar-refractivity contribution >= 4 is 26.7 Å². The molecule has 0 saturated carbocycles.